The molecule has 4 nitrogen and oxygen atoms in total. The van der Waals surface area contributed by atoms with Gasteiger partial charge in [-0.05, 0) is 26.3 Å². The molecule has 0 saturated carbocycles. The quantitative estimate of drug-likeness (QED) is 0.915. The zero-order chi connectivity index (χ0) is 14.5. The fraction of sp³-hybridized carbons (Fsp3) is 0.333. The summed E-state index contributed by atoms with van der Waals surface area (Å²) in [5.41, 5.74) is 2.46. The standard InChI is InChI=1S/C15H18N2O2S/c1-10-5-4-6-13(7-10)9-20-12(3)15(18)16-14-8-11(2)19-17-14/h4-8,12H,9H2,1-3H3,(H,16,17,18)/t12-/m0/s1. The number of anilines is 1. The third-order valence-corrected chi connectivity index (χ3v) is 4.05. The van der Waals surface area contributed by atoms with Crippen molar-refractivity contribution < 1.29 is 9.32 Å². The predicted molar refractivity (Wildman–Crippen MR) is 81.8 cm³/mol. The third-order valence-electron chi connectivity index (χ3n) is 2.83. The molecular formula is C15H18N2O2S. The van der Waals surface area contributed by atoms with Crippen molar-refractivity contribution in [3.05, 3.63) is 47.2 Å². The monoisotopic (exact) mass is 290 g/mol. The summed E-state index contributed by atoms with van der Waals surface area (Å²) < 4.78 is 4.92. The van der Waals surface area contributed by atoms with Crippen molar-refractivity contribution in [1.29, 1.82) is 0 Å². The molecule has 1 N–H and O–H groups in total. The number of aryl methyl sites for hydroxylation is 2. The molecule has 0 aliphatic carbocycles. The first-order chi connectivity index (χ1) is 9.54. The van der Waals surface area contributed by atoms with E-state index in [0.29, 0.717) is 11.6 Å². The van der Waals surface area contributed by atoms with Crippen LogP contribution >= 0.6 is 11.8 Å². The van der Waals surface area contributed by atoms with Crippen molar-refractivity contribution in [2.24, 2.45) is 0 Å². The molecule has 0 radical (unpaired) electrons. The van der Waals surface area contributed by atoms with Crippen molar-refractivity contribution in [1.82, 2.24) is 5.16 Å². The normalized spacial score (nSPS) is 12.2. The minimum absolute atomic E-state index is 0.0593. The topological polar surface area (TPSA) is 55.1 Å². The van der Waals surface area contributed by atoms with E-state index in [0.717, 1.165) is 5.75 Å². The fourth-order valence-electron chi connectivity index (χ4n) is 1.75. The highest BCUT2D eigenvalue weighted by Gasteiger charge is 2.15. The van der Waals surface area contributed by atoms with Gasteiger partial charge in [-0.15, -0.1) is 11.8 Å². The van der Waals surface area contributed by atoms with Crippen molar-refractivity contribution in [3.8, 4) is 0 Å². The average molecular weight is 290 g/mol. The molecule has 1 aromatic heterocycles. The molecule has 106 valence electrons. The molecular weight excluding hydrogens is 272 g/mol. The Labute approximate surface area is 122 Å². The minimum Gasteiger partial charge on any atom is -0.360 e. The Bertz CT molecular complexity index is 595. The Hall–Kier alpha value is -1.75. The maximum Gasteiger partial charge on any atom is 0.238 e. The van der Waals surface area contributed by atoms with E-state index in [1.807, 2.05) is 13.0 Å². The lowest BCUT2D eigenvalue weighted by Gasteiger charge is -2.10. The summed E-state index contributed by atoms with van der Waals surface area (Å²) in [5.74, 6) is 1.90. The van der Waals surface area contributed by atoms with Gasteiger partial charge in [-0.3, -0.25) is 4.79 Å². The number of carbonyl (C=O) groups excluding carboxylic acids is 1. The summed E-state index contributed by atoms with van der Waals surface area (Å²) in [7, 11) is 0. The second-order valence-electron chi connectivity index (χ2n) is 4.75. The molecule has 2 aromatic rings. The van der Waals surface area contributed by atoms with Crippen LogP contribution in [0.5, 0.6) is 0 Å². The molecule has 1 amide bonds. The van der Waals surface area contributed by atoms with Crippen LogP contribution < -0.4 is 5.32 Å². The lowest BCUT2D eigenvalue weighted by Crippen LogP contribution is -2.22. The van der Waals surface area contributed by atoms with Gasteiger partial charge in [0.05, 0.1) is 5.25 Å². The molecule has 2 rings (SSSR count). The Balaban J connectivity index is 1.85. The first kappa shape index (κ1) is 14.7. The summed E-state index contributed by atoms with van der Waals surface area (Å²) in [6.07, 6.45) is 0. The number of carbonyl (C=O) groups is 1. The summed E-state index contributed by atoms with van der Waals surface area (Å²) in [4.78, 5) is 12.0. The number of hydrogen-bond acceptors (Lipinski definition) is 4. The molecule has 0 fully saturated rings. The van der Waals surface area contributed by atoms with E-state index >= 15 is 0 Å². The molecule has 1 atom stereocenters. The molecule has 1 aromatic carbocycles. The van der Waals surface area contributed by atoms with E-state index in [4.69, 9.17) is 4.52 Å². The van der Waals surface area contributed by atoms with Gasteiger partial charge in [0.25, 0.3) is 0 Å². The second-order valence-corrected chi connectivity index (χ2v) is 6.08. The number of nitrogens with one attached hydrogen (secondary N) is 1. The maximum absolute atomic E-state index is 12.0. The second kappa shape index (κ2) is 6.61. The smallest absolute Gasteiger partial charge is 0.238 e. The van der Waals surface area contributed by atoms with Crippen molar-refractivity contribution in [3.63, 3.8) is 0 Å². The molecule has 20 heavy (non-hydrogen) atoms. The average Bonchev–Trinajstić information content (AvgIpc) is 2.81. The van der Waals surface area contributed by atoms with Crippen LogP contribution in [0.4, 0.5) is 5.82 Å². The largest absolute Gasteiger partial charge is 0.360 e. The van der Waals surface area contributed by atoms with Gasteiger partial charge < -0.3 is 9.84 Å². The number of benzene rings is 1. The molecule has 0 saturated heterocycles. The number of nitrogens with zero attached hydrogens (tertiary/aromatic N) is 1. The molecule has 0 spiro atoms. The van der Waals surface area contributed by atoms with Crippen LogP contribution in [0, 0.1) is 13.8 Å². The van der Waals surface area contributed by atoms with E-state index in [2.05, 4.69) is 35.6 Å². The maximum atomic E-state index is 12.0. The van der Waals surface area contributed by atoms with Crippen LogP contribution in [0.15, 0.2) is 34.9 Å². The van der Waals surface area contributed by atoms with E-state index in [9.17, 15) is 4.79 Å². The predicted octanol–water partition coefficient (Wildman–Crippen LogP) is 3.55. The van der Waals surface area contributed by atoms with Crippen LogP contribution in [0.2, 0.25) is 0 Å². The first-order valence-electron chi connectivity index (χ1n) is 6.46. The van der Waals surface area contributed by atoms with Crippen LogP contribution in [-0.4, -0.2) is 16.3 Å². The first-order valence-corrected chi connectivity index (χ1v) is 7.51. The molecule has 0 aliphatic rings. The van der Waals surface area contributed by atoms with Gasteiger partial charge in [0.1, 0.15) is 5.76 Å². The van der Waals surface area contributed by atoms with Gasteiger partial charge in [-0.1, -0.05) is 35.0 Å². The van der Waals surface area contributed by atoms with Gasteiger partial charge in [0.15, 0.2) is 5.82 Å². The number of hydrogen-bond donors (Lipinski definition) is 1. The van der Waals surface area contributed by atoms with Gasteiger partial charge in [-0.2, -0.15) is 0 Å². The Morgan fingerprint density at radius 3 is 2.85 bits per heavy atom. The molecule has 0 aliphatic heterocycles. The summed E-state index contributed by atoms with van der Waals surface area (Å²) >= 11 is 1.60. The van der Waals surface area contributed by atoms with E-state index in [1.165, 1.54) is 11.1 Å². The highest BCUT2D eigenvalue weighted by molar-refractivity contribution is 7.99. The highest BCUT2D eigenvalue weighted by Crippen LogP contribution is 2.20. The Morgan fingerprint density at radius 1 is 1.40 bits per heavy atom. The van der Waals surface area contributed by atoms with Gasteiger partial charge in [0, 0.05) is 11.8 Å². The fourth-order valence-corrected chi connectivity index (χ4v) is 2.58. The molecule has 0 unspecified atom stereocenters. The Morgan fingerprint density at radius 2 is 2.20 bits per heavy atom. The summed E-state index contributed by atoms with van der Waals surface area (Å²) in [5, 5.41) is 6.35. The van der Waals surface area contributed by atoms with Gasteiger partial charge in [0.2, 0.25) is 5.91 Å². The van der Waals surface area contributed by atoms with Gasteiger partial charge in [-0.25, -0.2) is 0 Å². The molecule has 5 heteroatoms. The number of amides is 1. The van der Waals surface area contributed by atoms with E-state index < -0.39 is 0 Å². The van der Waals surface area contributed by atoms with E-state index in [-0.39, 0.29) is 11.2 Å². The Kier molecular flexibility index (Phi) is 4.84. The number of rotatable bonds is 5. The number of thioether (sulfide) groups is 1. The molecule has 1 heterocycles. The zero-order valence-electron chi connectivity index (χ0n) is 11.8. The van der Waals surface area contributed by atoms with Crippen LogP contribution in [0.1, 0.15) is 23.8 Å². The zero-order valence-corrected chi connectivity index (χ0v) is 12.7. The van der Waals surface area contributed by atoms with Gasteiger partial charge >= 0.3 is 0 Å². The van der Waals surface area contributed by atoms with E-state index in [1.54, 1.807) is 24.8 Å². The summed E-state index contributed by atoms with van der Waals surface area (Å²) in [6.45, 7) is 5.75. The van der Waals surface area contributed by atoms with Crippen molar-refractivity contribution in [2.45, 2.75) is 31.8 Å². The van der Waals surface area contributed by atoms with Crippen LogP contribution in [0.3, 0.4) is 0 Å². The SMILES string of the molecule is Cc1cccc(CS[C@@H](C)C(=O)Nc2cc(C)on2)c1. The minimum atomic E-state index is -0.146. The third kappa shape index (κ3) is 4.13. The molecule has 0 bridgehead atoms. The van der Waals surface area contributed by atoms with Crippen molar-refractivity contribution >= 4 is 23.5 Å². The van der Waals surface area contributed by atoms with Crippen LogP contribution in [0.25, 0.3) is 0 Å². The van der Waals surface area contributed by atoms with Crippen molar-refractivity contribution in [2.75, 3.05) is 5.32 Å². The summed E-state index contributed by atoms with van der Waals surface area (Å²) in [6, 6.07) is 10.0. The highest BCUT2D eigenvalue weighted by atomic mass is 32.2. The number of aromatic nitrogens is 1. The lowest BCUT2D eigenvalue weighted by molar-refractivity contribution is -0.115. The lowest BCUT2D eigenvalue weighted by atomic mass is 10.2. The van der Waals surface area contributed by atoms with Crippen LogP contribution in [-0.2, 0) is 10.5 Å².